The van der Waals surface area contributed by atoms with E-state index < -0.39 is 0 Å². The number of nitrogens with one attached hydrogen (secondary N) is 2. The van der Waals surface area contributed by atoms with Gasteiger partial charge in [0.05, 0.1) is 0 Å². The molecule has 24 heavy (non-hydrogen) atoms. The molecular weight excluding hydrogens is 417 g/mol. The average molecular weight is 451 g/mol. The van der Waals surface area contributed by atoms with Crippen LogP contribution in [0, 0.1) is 6.92 Å². The number of nitrogens with zero attached hydrogens (tertiary/aromatic N) is 5. The van der Waals surface area contributed by atoms with Gasteiger partial charge in [-0.05, 0) is 41.5 Å². The molecule has 1 rings (SSSR count). The molecule has 0 aromatic carbocycles. The van der Waals surface area contributed by atoms with Crippen LogP contribution < -0.4 is 10.6 Å². The Labute approximate surface area is 163 Å². The van der Waals surface area contributed by atoms with E-state index in [0.29, 0.717) is 18.6 Å². The minimum Gasteiger partial charge on any atom is -0.357 e. The fourth-order valence-corrected chi connectivity index (χ4v) is 2.50. The number of aryl methyl sites for hydroxylation is 1. The van der Waals surface area contributed by atoms with E-state index in [1.807, 2.05) is 18.5 Å². The van der Waals surface area contributed by atoms with E-state index in [1.165, 1.54) is 0 Å². The third kappa shape index (κ3) is 7.33. The van der Waals surface area contributed by atoms with E-state index in [1.54, 1.807) is 0 Å². The average Bonchev–Trinajstić information content (AvgIpc) is 2.79. The van der Waals surface area contributed by atoms with Gasteiger partial charge in [-0.25, -0.2) is 4.99 Å². The third-order valence-corrected chi connectivity index (χ3v) is 3.89. The van der Waals surface area contributed by atoms with Gasteiger partial charge >= 0.3 is 0 Å². The van der Waals surface area contributed by atoms with Crippen molar-refractivity contribution in [1.29, 1.82) is 0 Å². The molecule has 0 amide bonds. The molecule has 1 aromatic heterocycles. The standard InChI is InChI=1S/C16H33N7.HI/c1-8-17-16(18-9-10-23(12(2)3)13(4)5)19-11-15-21-20-14(6)22(15)7;/h12-13H,8-11H2,1-7H3,(H2,17,18,19);1H. The van der Waals surface area contributed by atoms with Crippen molar-refractivity contribution in [3.8, 4) is 0 Å². The fourth-order valence-electron chi connectivity index (χ4n) is 2.50. The predicted molar refractivity (Wildman–Crippen MR) is 111 cm³/mol. The van der Waals surface area contributed by atoms with Gasteiger partial charge in [0.1, 0.15) is 12.4 Å². The predicted octanol–water partition coefficient (Wildman–Crippen LogP) is 1.92. The van der Waals surface area contributed by atoms with Crippen molar-refractivity contribution >= 4 is 29.9 Å². The number of aliphatic imine (C=N–C) groups is 1. The Kier molecular flexibility index (Phi) is 11.2. The lowest BCUT2D eigenvalue weighted by molar-refractivity contribution is 0.178. The summed E-state index contributed by atoms with van der Waals surface area (Å²) in [5.41, 5.74) is 0. The van der Waals surface area contributed by atoms with E-state index in [4.69, 9.17) is 0 Å². The van der Waals surface area contributed by atoms with Crippen LogP contribution in [-0.4, -0.2) is 57.3 Å². The van der Waals surface area contributed by atoms with Crippen molar-refractivity contribution in [3.05, 3.63) is 11.6 Å². The van der Waals surface area contributed by atoms with E-state index in [2.05, 4.69) is 65.3 Å². The van der Waals surface area contributed by atoms with Gasteiger partial charge in [-0.1, -0.05) is 0 Å². The zero-order valence-corrected chi connectivity index (χ0v) is 18.5. The van der Waals surface area contributed by atoms with Crippen LogP contribution in [0.25, 0.3) is 0 Å². The second kappa shape index (κ2) is 11.6. The molecule has 0 atom stereocenters. The van der Waals surface area contributed by atoms with Gasteiger partial charge in [0, 0.05) is 38.8 Å². The van der Waals surface area contributed by atoms with Crippen molar-refractivity contribution in [1.82, 2.24) is 30.3 Å². The number of hydrogen-bond acceptors (Lipinski definition) is 4. The normalized spacial score (nSPS) is 12.0. The molecule has 0 aliphatic rings. The van der Waals surface area contributed by atoms with Crippen LogP contribution in [0.1, 0.15) is 46.3 Å². The van der Waals surface area contributed by atoms with Crippen LogP contribution in [0.15, 0.2) is 4.99 Å². The summed E-state index contributed by atoms with van der Waals surface area (Å²) in [6.07, 6.45) is 0. The van der Waals surface area contributed by atoms with E-state index >= 15 is 0 Å². The van der Waals surface area contributed by atoms with E-state index in [-0.39, 0.29) is 24.0 Å². The molecular formula is C16H34IN7. The van der Waals surface area contributed by atoms with Gasteiger partial charge in [0.25, 0.3) is 0 Å². The van der Waals surface area contributed by atoms with Gasteiger partial charge in [-0.2, -0.15) is 0 Å². The van der Waals surface area contributed by atoms with Crippen LogP contribution in [-0.2, 0) is 13.6 Å². The summed E-state index contributed by atoms with van der Waals surface area (Å²) in [6, 6.07) is 1.08. The summed E-state index contributed by atoms with van der Waals surface area (Å²) >= 11 is 0. The van der Waals surface area contributed by atoms with Crippen LogP contribution in [0.2, 0.25) is 0 Å². The molecule has 8 heteroatoms. The van der Waals surface area contributed by atoms with Gasteiger partial charge < -0.3 is 15.2 Å². The van der Waals surface area contributed by atoms with Gasteiger partial charge in [-0.15, -0.1) is 34.2 Å². The first-order valence-corrected chi connectivity index (χ1v) is 8.49. The Morgan fingerprint density at radius 1 is 1.17 bits per heavy atom. The van der Waals surface area contributed by atoms with Crippen LogP contribution >= 0.6 is 24.0 Å². The summed E-state index contributed by atoms with van der Waals surface area (Å²) in [4.78, 5) is 7.06. The molecule has 1 aromatic rings. The minimum atomic E-state index is 0. The highest BCUT2D eigenvalue weighted by Gasteiger charge is 2.12. The number of guanidine groups is 1. The summed E-state index contributed by atoms with van der Waals surface area (Å²) in [5, 5.41) is 14.9. The van der Waals surface area contributed by atoms with Crippen molar-refractivity contribution in [2.75, 3.05) is 19.6 Å². The lowest BCUT2D eigenvalue weighted by Gasteiger charge is -2.30. The first kappa shape index (κ1) is 23.1. The molecule has 0 bridgehead atoms. The highest BCUT2D eigenvalue weighted by molar-refractivity contribution is 14.0. The summed E-state index contributed by atoms with van der Waals surface area (Å²) in [7, 11) is 1.96. The molecule has 0 unspecified atom stereocenters. The van der Waals surface area contributed by atoms with Crippen molar-refractivity contribution < 1.29 is 0 Å². The second-order valence-electron chi connectivity index (χ2n) is 6.27. The zero-order valence-electron chi connectivity index (χ0n) is 16.1. The Bertz CT molecular complexity index is 489. The largest absolute Gasteiger partial charge is 0.357 e. The molecule has 0 saturated heterocycles. The zero-order chi connectivity index (χ0) is 17.4. The molecule has 0 aliphatic heterocycles. The second-order valence-corrected chi connectivity index (χ2v) is 6.27. The van der Waals surface area contributed by atoms with Gasteiger partial charge in [-0.3, -0.25) is 4.90 Å². The third-order valence-electron chi connectivity index (χ3n) is 3.89. The van der Waals surface area contributed by atoms with Crippen LogP contribution in [0.4, 0.5) is 0 Å². The van der Waals surface area contributed by atoms with Crippen molar-refractivity contribution in [2.24, 2.45) is 12.0 Å². The number of rotatable bonds is 8. The topological polar surface area (TPSA) is 70.4 Å². The molecule has 0 spiro atoms. The Morgan fingerprint density at radius 3 is 2.25 bits per heavy atom. The first-order chi connectivity index (χ1) is 10.9. The number of halogens is 1. The highest BCUT2D eigenvalue weighted by atomic mass is 127. The SMILES string of the molecule is CCNC(=NCc1nnc(C)n1C)NCCN(C(C)C)C(C)C.I. The molecule has 2 N–H and O–H groups in total. The molecule has 0 aliphatic carbocycles. The van der Waals surface area contributed by atoms with E-state index in [0.717, 1.165) is 37.2 Å². The summed E-state index contributed by atoms with van der Waals surface area (Å²) < 4.78 is 1.96. The maximum Gasteiger partial charge on any atom is 0.191 e. The Hall–Kier alpha value is -0.900. The fraction of sp³-hybridized carbons (Fsp3) is 0.812. The van der Waals surface area contributed by atoms with Crippen molar-refractivity contribution in [3.63, 3.8) is 0 Å². The maximum absolute atomic E-state index is 4.60. The van der Waals surface area contributed by atoms with Crippen LogP contribution in [0.3, 0.4) is 0 Å². The number of hydrogen-bond donors (Lipinski definition) is 2. The monoisotopic (exact) mass is 451 g/mol. The smallest absolute Gasteiger partial charge is 0.191 e. The highest BCUT2D eigenvalue weighted by Crippen LogP contribution is 2.03. The quantitative estimate of drug-likeness (QED) is 0.359. The molecule has 0 fully saturated rings. The molecule has 7 nitrogen and oxygen atoms in total. The lowest BCUT2D eigenvalue weighted by atomic mass is 10.2. The lowest BCUT2D eigenvalue weighted by Crippen LogP contribution is -2.45. The van der Waals surface area contributed by atoms with Crippen LogP contribution in [0.5, 0.6) is 0 Å². The van der Waals surface area contributed by atoms with Gasteiger partial charge in [0.2, 0.25) is 0 Å². The molecule has 1 heterocycles. The Morgan fingerprint density at radius 2 is 1.79 bits per heavy atom. The van der Waals surface area contributed by atoms with E-state index in [9.17, 15) is 0 Å². The van der Waals surface area contributed by atoms with Gasteiger partial charge in [0.15, 0.2) is 11.8 Å². The summed E-state index contributed by atoms with van der Waals surface area (Å²) in [5.74, 6) is 2.59. The Balaban J connectivity index is 0.00000529. The number of aromatic nitrogens is 3. The maximum atomic E-state index is 4.60. The molecule has 0 saturated carbocycles. The molecule has 140 valence electrons. The summed E-state index contributed by atoms with van der Waals surface area (Å²) in [6.45, 7) is 16.1. The minimum absolute atomic E-state index is 0. The first-order valence-electron chi connectivity index (χ1n) is 8.49. The van der Waals surface area contributed by atoms with Crippen molar-refractivity contribution in [2.45, 2.75) is 60.2 Å². The molecule has 0 radical (unpaired) electrons.